The molecule has 0 fully saturated rings. The van der Waals surface area contributed by atoms with Crippen molar-refractivity contribution in [3.8, 4) is 0 Å². The number of rotatable bonds is 2. The third-order valence-corrected chi connectivity index (χ3v) is 3.34. The fraction of sp³-hybridized carbons (Fsp3) is 0. The van der Waals surface area contributed by atoms with Gasteiger partial charge in [-0.3, -0.25) is 5.10 Å². The standard InChI is InChI=1S/C13H9BrClN3/c14-8-4-5-12-11(6-8)13(18-17-12)16-10-3-1-2-9(15)7-10/h1-7H,(H2,16,17,18). The SMILES string of the molecule is Clc1cccc(Nc2n[nH]c3ccc(Br)cc23)c1. The number of hydrogen-bond donors (Lipinski definition) is 2. The molecule has 5 heteroatoms. The zero-order valence-electron chi connectivity index (χ0n) is 9.24. The van der Waals surface area contributed by atoms with E-state index in [2.05, 4.69) is 31.4 Å². The van der Waals surface area contributed by atoms with E-state index in [0.717, 1.165) is 26.9 Å². The first kappa shape index (κ1) is 11.6. The second-order valence-corrected chi connectivity index (χ2v) is 5.25. The van der Waals surface area contributed by atoms with Crippen LogP contribution in [0.2, 0.25) is 5.02 Å². The van der Waals surface area contributed by atoms with Gasteiger partial charge < -0.3 is 5.32 Å². The Morgan fingerprint density at radius 3 is 2.89 bits per heavy atom. The van der Waals surface area contributed by atoms with Gasteiger partial charge in [-0.05, 0) is 36.4 Å². The van der Waals surface area contributed by atoms with E-state index in [9.17, 15) is 0 Å². The highest BCUT2D eigenvalue weighted by molar-refractivity contribution is 9.10. The van der Waals surface area contributed by atoms with Gasteiger partial charge in [0.15, 0.2) is 5.82 Å². The van der Waals surface area contributed by atoms with E-state index < -0.39 is 0 Å². The van der Waals surface area contributed by atoms with Gasteiger partial charge in [0.05, 0.1) is 5.52 Å². The number of aromatic amines is 1. The fourth-order valence-corrected chi connectivity index (χ4v) is 2.34. The van der Waals surface area contributed by atoms with Gasteiger partial charge >= 0.3 is 0 Å². The molecule has 0 aliphatic heterocycles. The van der Waals surface area contributed by atoms with Crippen molar-refractivity contribution in [2.75, 3.05) is 5.32 Å². The van der Waals surface area contributed by atoms with Crippen LogP contribution in [0.5, 0.6) is 0 Å². The molecule has 1 aromatic heterocycles. The van der Waals surface area contributed by atoms with Crippen LogP contribution in [-0.2, 0) is 0 Å². The number of halogens is 2. The monoisotopic (exact) mass is 321 g/mol. The van der Waals surface area contributed by atoms with Crippen LogP contribution < -0.4 is 5.32 Å². The number of benzene rings is 2. The van der Waals surface area contributed by atoms with Gasteiger partial charge in [0, 0.05) is 20.6 Å². The Morgan fingerprint density at radius 1 is 1.17 bits per heavy atom. The van der Waals surface area contributed by atoms with E-state index in [1.54, 1.807) is 0 Å². The van der Waals surface area contributed by atoms with Gasteiger partial charge in [-0.2, -0.15) is 5.10 Å². The molecule has 0 amide bonds. The Kier molecular flexibility index (Phi) is 2.97. The minimum atomic E-state index is 0.695. The van der Waals surface area contributed by atoms with Crippen molar-refractivity contribution in [2.45, 2.75) is 0 Å². The molecular formula is C13H9BrClN3. The van der Waals surface area contributed by atoms with Gasteiger partial charge in [0.1, 0.15) is 0 Å². The lowest BCUT2D eigenvalue weighted by Crippen LogP contribution is -1.90. The van der Waals surface area contributed by atoms with Crippen LogP contribution in [0.25, 0.3) is 10.9 Å². The first-order valence-electron chi connectivity index (χ1n) is 5.38. The zero-order chi connectivity index (χ0) is 12.5. The highest BCUT2D eigenvalue weighted by Gasteiger charge is 2.06. The van der Waals surface area contributed by atoms with Crippen LogP contribution in [0.1, 0.15) is 0 Å². The maximum absolute atomic E-state index is 5.95. The molecule has 2 aromatic carbocycles. The lowest BCUT2D eigenvalue weighted by molar-refractivity contribution is 1.12. The maximum atomic E-state index is 5.95. The molecule has 1 heterocycles. The Hall–Kier alpha value is -1.52. The second kappa shape index (κ2) is 4.63. The van der Waals surface area contributed by atoms with Crippen molar-refractivity contribution in [2.24, 2.45) is 0 Å². The van der Waals surface area contributed by atoms with Crippen LogP contribution in [0, 0.1) is 0 Å². The highest BCUT2D eigenvalue weighted by Crippen LogP contribution is 2.27. The second-order valence-electron chi connectivity index (χ2n) is 3.90. The normalized spacial score (nSPS) is 10.8. The molecule has 3 rings (SSSR count). The summed E-state index contributed by atoms with van der Waals surface area (Å²) in [6.45, 7) is 0. The average Bonchev–Trinajstić information content (AvgIpc) is 2.72. The summed E-state index contributed by atoms with van der Waals surface area (Å²) in [6.07, 6.45) is 0. The first-order chi connectivity index (χ1) is 8.72. The Balaban J connectivity index is 2.02. The molecule has 3 nitrogen and oxygen atoms in total. The summed E-state index contributed by atoms with van der Waals surface area (Å²) >= 11 is 9.41. The predicted octanol–water partition coefficient (Wildman–Crippen LogP) is 4.72. The van der Waals surface area contributed by atoms with Gasteiger partial charge in [0.25, 0.3) is 0 Å². The fourth-order valence-electron chi connectivity index (χ4n) is 1.78. The third-order valence-electron chi connectivity index (χ3n) is 2.61. The summed E-state index contributed by atoms with van der Waals surface area (Å²) < 4.78 is 1.02. The summed E-state index contributed by atoms with van der Waals surface area (Å²) in [5, 5.41) is 12.2. The quantitative estimate of drug-likeness (QED) is 0.716. The average molecular weight is 323 g/mol. The Morgan fingerprint density at radius 2 is 2.06 bits per heavy atom. The number of nitrogens with one attached hydrogen (secondary N) is 2. The molecule has 0 spiro atoms. The summed E-state index contributed by atoms with van der Waals surface area (Å²) in [5.74, 6) is 0.786. The molecule has 0 aliphatic carbocycles. The summed E-state index contributed by atoms with van der Waals surface area (Å²) in [6, 6.07) is 13.5. The number of fused-ring (bicyclic) bond motifs is 1. The topological polar surface area (TPSA) is 40.7 Å². The van der Waals surface area contributed by atoms with Gasteiger partial charge in [0.2, 0.25) is 0 Å². The number of anilines is 2. The van der Waals surface area contributed by atoms with Crippen LogP contribution in [-0.4, -0.2) is 10.2 Å². The van der Waals surface area contributed by atoms with E-state index >= 15 is 0 Å². The molecule has 2 N–H and O–H groups in total. The number of H-pyrrole nitrogens is 1. The van der Waals surface area contributed by atoms with E-state index in [4.69, 9.17) is 11.6 Å². The molecule has 0 radical (unpaired) electrons. The summed E-state index contributed by atoms with van der Waals surface area (Å²) in [5.41, 5.74) is 1.90. The van der Waals surface area contributed by atoms with Crippen LogP contribution in [0.15, 0.2) is 46.9 Å². The Bertz CT molecular complexity index is 708. The molecule has 18 heavy (non-hydrogen) atoms. The molecule has 0 bridgehead atoms. The van der Waals surface area contributed by atoms with Crippen molar-refractivity contribution < 1.29 is 0 Å². The van der Waals surface area contributed by atoms with Crippen molar-refractivity contribution >= 4 is 49.9 Å². The number of hydrogen-bond acceptors (Lipinski definition) is 2. The van der Waals surface area contributed by atoms with E-state index in [0.29, 0.717) is 5.02 Å². The van der Waals surface area contributed by atoms with Crippen molar-refractivity contribution in [1.82, 2.24) is 10.2 Å². The molecule has 0 atom stereocenters. The molecule has 3 aromatic rings. The predicted molar refractivity (Wildman–Crippen MR) is 78.5 cm³/mol. The van der Waals surface area contributed by atoms with E-state index in [1.807, 2.05) is 42.5 Å². The van der Waals surface area contributed by atoms with Crippen LogP contribution in [0.4, 0.5) is 11.5 Å². The van der Waals surface area contributed by atoms with Crippen molar-refractivity contribution in [3.63, 3.8) is 0 Å². The zero-order valence-corrected chi connectivity index (χ0v) is 11.6. The lowest BCUT2D eigenvalue weighted by Gasteiger charge is -2.03. The number of aromatic nitrogens is 2. The molecule has 0 saturated carbocycles. The minimum Gasteiger partial charge on any atom is -0.338 e. The van der Waals surface area contributed by atoms with Crippen LogP contribution in [0.3, 0.4) is 0 Å². The van der Waals surface area contributed by atoms with E-state index in [-0.39, 0.29) is 0 Å². The minimum absolute atomic E-state index is 0.695. The number of nitrogens with zero attached hydrogens (tertiary/aromatic N) is 1. The Labute approximate surface area is 117 Å². The van der Waals surface area contributed by atoms with Crippen molar-refractivity contribution in [1.29, 1.82) is 0 Å². The van der Waals surface area contributed by atoms with Gasteiger partial charge in [-0.1, -0.05) is 33.6 Å². The smallest absolute Gasteiger partial charge is 0.160 e. The molecule has 0 saturated heterocycles. The van der Waals surface area contributed by atoms with Gasteiger partial charge in [-0.25, -0.2) is 0 Å². The maximum Gasteiger partial charge on any atom is 0.160 e. The molecular weight excluding hydrogens is 314 g/mol. The lowest BCUT2D eigenvalue weighted by atomic mass is 10.2. The highest BCUT2D eigenvalue weighted by atomic mass is 79.9. The first-order valence-corrected chi connectivity index (χ1v) is 6.56. The summed E-state index contributed by atoms with van der Waals surface area (Å²) in [7, 11) is 0. The molecule has 90 valence electrons. The third kappa shape index (κ3) is 2.21. The summed E-state index contributed by atoms with van der Waals surface area (Å²) in [4.78, 5) is 0. The largest absolute Gasteiger partial charge is 0.338 e. The van der Waals surface area contributed by atoms with Gasteiger partial charge in [-0.15, -0.1) is 0 Å². The molecule has 0 aliphatic rings. The molecule has 0 unspecified atom stereocenters. The van der Waals surface area contributed by atoms with Crippen molar-refractivity contribution in [3.05, 3.63) is 52.0 Å². The van der Waals surface area contributed by atoms with Crippen LogP contribution >= 0.6 is 27.5 Å². The van der Waals surface area contributed by atoms with E-state index in [1.165, 1.54) is 0 Å².